The van der Waals surface area contributed by atoms with Crippen molar-refractivity contribution in [2.45, 2.75) is 19.0 Å². The van der Waals surface area contributed by atoms with Gasteiger partial charge in [0, 0.05) is 34.5 Å². The Bertz CT molecular complexity index is 801. The molecule has 1 aromatic heterocycles. The molecule has 0 saturated carbocycles. The maximum atomic E-state index is 6.13. The minimum absolute atomic E-state index is 0.00514. The van der Waals surface area contributed by atoms with Crippen molar-refractivity contribution in [3.63, 3.8) is 0 Å². The Morgan fingerprint density at radius 3 is 2.60 bits per heavy atom. The van der Waals surface area contributed by atoms with Gasteiger partial charge in [0.05, 0.1) is 13.2 Å². The highest BCUT2D eigenvalue weighted by atomic mass is 35.5. The first-order chi connectivity index (χ1) is 12.2. The van der Waals surface area contributed by atoms with E-state index in [4.69, 9.17) is 27.9 Å². The van der Waals surface area contributed by atoms with Crippen molar-refractivity contribution in [1.29, 1.82) is 0 Å². The highest BCUT2D eigenvalue weighted by molar-refractivity contribution is 6.34. The summed E-state index contributed by atoms with van der Waals surface area (Å²) in [6, 6.07) is 13.5. The normalized spacial score (nSPS) is 12.1. The van der Waals surface area contributed by atoms with Crippen LogP contribution in [0.2, 0.25) is 10.0 Å². The van der Waals surface area contributed by atoms with E-state index in [1.165, 1.54) is 0 Å². The molecule has 0 amide bonds. The molecule has 6 heteroatoms. The molecule has 0 saturated heterocycles. The lowest BCUT2D eigenvalue weighted by Crippen LogP contribution is -2.24. The fraction of sp³-hybridized carbons (Fsp3) is 0.211. The lowest BCUT2D eigenvalue weighted by Gasteiger charge is -2.18. The number of methoxy groups -OCH3 is 1. The molecular weight excluding hydrogens is 357 g/mol. The average molecular weight is 376 g/mol. The minimum Gasteiger partial charge on any atom is -0.496 e. The summed E-state index contributed by atoms with van der Waals surface area (Å²) in [6.07, 6.45) is 4.28. The van der Waals surface area contributed by atoms with E-state index >= 15 is 0 Å². The van der Waals surface area contributed by atoms with Gasteiger partial charge < -0.3 is 15.0 Å². The Kier molecular flexibility index (Phi) is 5.97. The summed E-state index contributed by atoms with van der Waals surface area (Å²) in [4.78, 5) is 7.58. The molecule has 0 fully saturated rings. The Morgan fingerprint density at radius 1 is 1.16 bits per heavy atom. The van der Waals surface area contributed by atoms with Crippen molar-refractivity contribution in [3.05, 3.63) is 81.9 Å². The molecule has 3 rings (SSSR count). The van der Waals surface area contributed by atoms with Gasteiger partial charge in [-0.1, -0.05) is 41.4 Å². The Balaban J connectivity index is 1.78. The number of H-pyrrole nitrogens is 1. The van der Waals surface area contributed by atoms with Gasteiger partial charge in [0.1, 0.15) is 11.6 Å². The average Bonchev–Trinajstić information content (AvgIpc) is 3.12. The van der Waals surface area contributed by atoms with Crippen molar-refractivity contribution in [1.82, 2.24) is 15.3 Å². The van der Waals surface area contributed by atoms with E-state index in [0.29, 0.717) is 23.0 Å². The third-order valence-electron chi connectivity index (χ3n) is 3.94. The molecule has 25 heavy (non-hydrogen) atoms. The number of para-hydroxylation sites is 1. The SMILES string of the molecule is COc1ccccc1CNC(Cc1cc(Cl)cc(Cl)c1)c1ncc[nH]1. The number of benzene rings is 2. The number of imidazole rings is 1. The van der Waals surface area contributed by atoms with Crippen LogP contribution in [0.1, 0.15) is 23.0 Å². The molecule has 4 nitrogen and oxygen atoms in total. The lowest BCUT2D eigenvalue weighted by molar-refractivity contribution is 0.404. The number of aromatic nitrogens is 2. The van der Waals surface area contributed by atoms with E-state index in [2.05, 4.69) is 15.3 Å². The molecule has 2 N–H and O–H groups in total. The van der Waals surface area contributed by atoms with Gasteiger partial charge in [0.2, 0.25) is 0 Å². The van der Waals surface area contributed by atoms with Gasteiger partial charge in [0.15, 0.2) is 0 Å². The molecule has 0 aliphatic heterocycles. The van der Waals surface area contributed by atoms with E-state index in [1.54, 1.807) is 19.4 Å². The summed E-state index contributed by atoms with van der Waals surface area (Å²) in [5, 5.41) is 4.80. The number of aromatic amines is 1. The largest absolute Gasteiger partial charge is 0.496 e. The zero-order valence-electron chi connectivity index (χ0n) is 13.8. The van der Waals surface area contributed by atoms with E-state index < -0.39 is 0 Å². The monoisotopic (exact) mass is 375 g/mol. The molecule has 1 unspecified atom stereocenters. The van der Waals surface area contributed by atoms with Crippen LogP contribution in [-0.2, 0) is 13.0 Å². The summed E-state index contributed by atoms with van der Waals surface area (Å²) in [5.41, 5.74) is 2.14. The summed E-state index contributed by atoms with van der Waals surface area (Å²) in [7, 11) is 1.68. The maximum Gasteiger partial charge on any atom is 0.123 e. The maximum absolute atomic E-state index is 6.13. The third kappa shape index (κ3) is 4.75. The number of nitrogens with one attached hydrogen (secondary N) is 2. The summed E-state index contributed by atoms with van der Waals surface area (Å²) >= 11 is 12.3. The molecule has 3 aromatic rings. The van der Waals surface area contributed by atoms with Crippen molar-refractivity contribution >= 4 is 23.2 Å². The highest BCUT2D eigenvalue weighted by Crippen LogP contribution is 2.24. The van der Waals surface area contributed by atoms with Crippen LogP contribution in [0.15, 0.2) is 54.9 Å². The first kappa shape index (κ1) is 17.8. The summed E-state index contributed by atoms with van der Waals surface area (Å²) in [5.74, 6) is 1.73. The molecule has 0 radical (unpaired) electrons. The van der Waals surface area contributed by atoms with E-state index in [1.807, 2.05) is 42.6 Å². The van der Waals surface area contributed by atoms with Crippen LogP contribution < -0.4 is 10.1 Å². The highest BCUT2D eigenvalue weighted by Gasteiger charge is 2.16. The summed E-state index contributed by atoms with van der Waals surface area (Å²) in [6.45, 7) is 0.656. The second-order valence-corrected chi connectivity index (χ2v) is 6.57. The zero-order valence-corrected chi connectivity index (χ0v) is 15.3. The van der Waals surface area contributed by atoms with Crippen molar-refractivity contribution in [3.8, 4) is 5.75 Å². The van der Waals surface area contributed by atoms with Crippen molar-refractivity contribution in [2.75, 3.05) is 7.11 Å². The first-order valence-corrected chi connectivity index (χ1v) is 8.71. The van der Waals surface area contributed by atoms with Crippen LogP contribution in [0.4, 0.5) is 0 Å². The van der Waals surface area contributed by atoms with Gasteiger partial charge in [-0.25, -0.2) is 4.98 Å². The standard InChI is InChI=1S/C19H19Cl2N3O/c1-25-18-5-3-2-4-14(18)12-24-17(19-22-6-7-23-19)10-13-8-15(20)11-16(21)9-13/h2-9,11,17,24H,10,12H2,1H3,(H,22,23). The van der Waals surface area contributed by atoms with Crippen LogP contribution >= 0.6 is 23.2 Å². The van der Waals surface area contributed by atoms with Crippen LogP contribution in [0.3, 0.4) is 0 Å². The molecule has 2 aromatic carbocycles. The van der Waals surface area contributed by atoms with Crippen LogP contribution in [-0.4, -0.2) is 17.1 Å². The predicted molar refractivity (Wildman–Crippen MR) is 101 cm³/mol. The molecule has 0 aliphatic carbocycles. The Labute approximate surface area is 157 Å². The number of hydrogen-bond acceptors (Lipinski definition) is 3. The number of rotatable bonds is 7. The van der Waals surface area contributed by atoms with E-state index in [-0.39, 0.29) is 6.04 Å². The van der Waals surface area contributed by atoms with E-state index in [9.17, 15) is 0 Å². The quantitative estimate of drug-likeness (QED) is 0.623. The van der Waals surface area contributed by atoms with Gasteiger partial charge in [-0.05, 0) is 36.2 Å². The molecule has 0 aliphatic rings. The number of nitrogens with zero attached hydrogens (tertiary/aromatic N) is 1. The van der Waals surface area contributed by atoms with Gasteiger partial charge in [-0.15, -0.1) is 0 Å². The van der Waals surface area contributed by atoms with Gasteiger partial charge in [-0.3, -0.25) is 0 Å². The molecule has 0 bridgehead atoms. The lowest BCUT2D eigenvalue weighted by atomic mass is 10.0. The number of halogens is 2. The van der Waals surface area contributed by atoms with E-state index in [0.717, 1.165) is 22.7 Å². The van der Waals surface area contributed by atoms with Crippen LogP contribution in [0.5, 0.6) is 5.75 Å². The third-order valence-corrected chi connectivity index (χ3v) is 4.38. The molecule has 0 spiro atoms. The zero-order chi connectivity index (χ0) is 17.6. The van der Waals surface area contributed by atoms with Gasteiger partial charge in [-0.2, -0.15) is 0 Å². The second kappa shape index (κ2) is 8.39. The Hall–Kier alpha value is -2.01. The van der Waals surface area contributed by atoms with Crippen molar-refractivity contribution in [2.24, 2.45) is 0 Å². The smallest absolute Gasteiger partial charge is 0.123 e. The molecule has 1 atom stereocenters. The van der Waals surface area contributed by atoms with Gasteiger partial charge >= 0.3 is 0 Å². The van der Waals surface area contributed by atoms with Gasteiger partial charge in [0.25, 0.3) is 0 Å². The first-order valence-electron chi connectivity index (χ1n) is 7.95. The fourth-order valence-electron chi connectivity index (χ4n) is 2.78. The second-order valence-electron chi connectivity index (χ2n) is 5.70. The molecular formula is C19H19Cl2N3O. The van der Waals surface area contributed by atoms with Crippen molar-refractivity contribution < 1.29 is 4.74 Å². The van der Waals surface area contributed by atoms with Crippen LogP contribution in [0.25, 0.3) is 0 Å². The minimum atomic E-state index is -0.00514. The number of ether oxygens (including phenoxy) is 1. The summed E-state index contributed by atoms with van der Waals surface area (Å²) < 4.78 is 5.42. The van der Waals surface area contributed by atoms with Crippen LogP contribution in [0, 0.1) is 0 Å². The molecule has 1 heterocycles. The Morgan fingerprint density at radius 2 is 1.92 bits per heavy atom. The topological polar surface area (TPSA) is 49.9 Å². The molecule has 130 valence electrons. The fourth-order valence-corrected chi connectivity index (χ4v) is 3.35. The predicted octanol–water partition coefficient (Wildman–Crippen LogP) is 4.80. The number of hydrogen-bond donors (Lipinski definition) is 2.